The van der Waals surface area contributed by atoms with Crippen LogP contribution in [0.15, 0.2) is 18.5 Å². The number of hydrogen-bond donors (Lipinski definition) is 1. The average Bonchev–Trinajstić information content (AvgIpc) is 2.37. The van der Waals surface area contributed by atoms with E-state index in [-0.39, 0.29) is 17.0 Å². The second-order valence-electron chi connectivity index (χ2n) is 4.43. The minimum Gasteiger partial charge on any atom is -0.478 e. The molecule has 5 heteroatoms. The molecule has 1 aromatic rings. The molecule has 0 aliphatic heterocycles. The van der Waals surface area contributed by atoms with Gasteiger partial charge in [-0.05, 0) is 12.0 Å². The molecule has 0 aliphatic carbocycles. The smallest absolute Gasteiger partial charge is 0.338 e. The van der Waals surface area contributed by atoms with Crippen LogP contribution in [0.2, 0.25) is 0 Å². The Balaban J connectivity index is 2.93. The van der Waals surface area contributed by atoms with E-state index >= 15 is 0 Å². The summed E-state index contributed by atoms with van der Waals surface area (Å²) in [7, 11) is 1.68. The van der Waals surface area contributed by atoms with Crippen LogP contribution in [0, 0.1) is 5.92 Å². The summed E-state index contributed by atoms with van der Waals surface area (Å²) < 4.78 is 0. The molecule has 1 atom stereocenters. The molecular formula is C13H18N2O3. The van der Waals surface area contributed by atoms with Crippen molar-refractivity contribution in [2.24, 2.45) is 5.92 Å². The van der Waals surface area contributed by atoms with Gasteiger partial charge in [-0.25, -0.2) is 4.79 Å². The summed E-state index contributed by atoms with van der Waals surface area (Å²) in [6, 6.07) is 1.44. The van der Waals surface area contributed by atoms with E-state index in [0.29, 0.717) is 12.5 Å². The predicted octanol–water partition coefficient (Wildman–Crippen LogP) is 1.90. The van der Waals surface area contributed by atoms with Crippen molar-refractivity contribution in [1.29, 1.82) is 0 Å². The molecule has 1 unspecified atom stereocenters. The normalized spacial score (nSPS) is 11.9. The highest BCUT2D eigenvalue weighted by Crippen LogP contribution is 2.12. The lowest BCUT2D eigenvalue weighted by Crippen LogP contribution is -2.32. The number of carboxylic acids is 1. The lowest BCUT2D eigenvalue weighted by Gasteiger charge is -2.21. The van der Waals surface area contributed by atoms with Gasteiger partial charge in [0.2, 0.25) is 0 Å². The van der Waals surface area contributed by atoms with Crippen molar-refractivity contribution in [2.75, 3.05) is 13.6 Å². The van der Waals surface area contributed by atoms with E-state index in [0.717, 1.165) is 6.42 Å². The number of aromatic nitrogens is 1. The lowest BCUT2D eigenvalue weighted by molar-refractivity contribution is 0.0678. The molecule has 1 rings (SSSR count). The number of carbonyl (C=O) groups excluding carboxylic acids is 1. The molecule has 0 bridgehead atoms. The molecule has 0 saturated carbocycles. The van der Waals surface area contributed by atoms with E-state index in [1.807, 2.05) is 0 Å². The van der Waals surface area contributed by atoms with Crippen molar-refractivity contribution in [3.8, 4) is 0 Å². The van der Waals surface area contributed by atoms with Crippen LogP contribution in [0.25, 0.3) is 0 Å². The zero-order valence-electron chi connectivity index (χ0n) is 10.9. The molecule has 0 fully saturated rings. The molecule has 0 aliphatic rings. The van der Waals surface area contributed by atoms with Gasteiger partial charge in [0.05, 0.1) is 11.1 Å². The zero-order valence-corrected chi connectivity index (χ0v) is 10.9. The number of pyridine rings is 1. The third-order valence-electron chi connectivity index (χ3n) is 2.91. The van der Waals surface area contributed by atoms with Gasteiger partial charge in [0.15, 0.2) is 0 Å². The Bertz CT molecular complexity index is 446. The van der Waals surface area contributed by atoms with Gasteiger partial charge in [0, 0.05) is 26.0 Å². The van der Waals surface area contributed by atoms with Crippen LogP contribution < -0.4 is 0 Å². The van der Waals surface area contributed by atoms with Gasteiger partial charge in [-0.15, -0.1) is 0 Å². The van der Waals surface area contributed by atoms with Crippen molar-refractivity contribution in [3.63, 3.8) is 0 Å². The van der Waals surface area contributed by atoms with Crippen molar-refractivity contribution >= 4 is 11.9 Å². The number of amides is 1. The Morgan fingerprint density at radius 1 is 1.44 bits per heavy atom. The maximum atomic E-state index is 12.2. The van der Waals surface area contributed by atoms with Gasteiger partial charge in [0.25, 0.3) is 5.91 Å². The predicted molar refractivity (Wildman–Crippen MR) is 67.6 cm³/mol. The first-order valence-electron chi connectivity index (χ1n) is 5.90. The van der Waals surface area contributed by atoms with Gasteiger partial charge in [-0.2, -0.15) is 0 Å². The van der Waals surface area contributed by atoms with E-state index in [4.69, 9.17) is 5.11 Å². The van der Waals surface area contributed by atoms with Crippen molar-refractivity contribution < 1.29 is 14.7 Å². The van der Waals surface area contributed by atoms with E-state index in [1.165, 1.54) is 18.5 Å². The monoisotopic (exact) mass is 250 g/mol. The van der Waals surface area contributed by atoms with Crippen LogP contribution >= 0.6 is 0 Å². The molecule has 0 saturated heterocycles. The Hall–Kier alpha value is -1.91. The maximum Gasteiger partial charge on any atom is 0.338 e. The Morgan fingerprint density at radius 3 is 2.67 bits per heavy atom. The molecule has 98 valence electrons. The van der Waals surface area contributed by atoms with Crippen molar-refractivity contribution in [2.45, 2.75) is 20.3 Å². The highest BCUT2D eigenvalue weighted by atomic mass is 16.4. The summed E-state index contributed by atoms with van der Waals surface area (Å²) >= 11 is 0. The number of hydrogen-bond acceptors (Lipinski definition) is 3. The van der Waals surface area contributed by atoms with E-state index in [1.54, 1.807) is 11.9 Å². The summed E-state index contributed by atoms with van der Waals surface area (Å²) in [5.74, 6) is -1.03. The van der Waals surface area contributed by atoms with Crippen LogP contribution in [0.1, 0.15) is 41.0 Å². The number of rotatable bonds is 5. The van der Waals surface area contributed by atoms with Crippen LogP contribution in [-0.2, 0) is 0 Å². The van der Waals surface area contributed by atoms with Crippen LogP contribution in [0.5, 0.6) is 0 Å². The van der Waals surface area contributed by atoms with Crippen LogP contribution in [-0.4, -0.2) is 40.5 Å². The average molecular weight is 250 g/mol. The summed E-state index contributed by atoms with van der Waals surface area (Å²) in [5.41, 5.74) is 0.127. The summed E-state index contributed by atoms with van der Waals surface area (Å²) in [6.07, 6.45) is 3.60. The van der Waals surface area contributed by atoms with Gasteiger partial charge < -0.3 is 10.0 Å². The molecule has 1 N–H and O–H groups in total. The van der Waals surface area contributed by atoms with Crippen molar-refractivity contribution in [1.82, 2.24) is 9.88 Å². The molecule has 0 spiro atoms. The number of carbonyl (C=O) groups is 2. The zero-order chi connectivity index (χ0) is 13.7. The molecule has 1 aromatic heterocycles. The topological polar surface area (TPSA) is 70.5 Å². The highest BCUT2D eigenvalue weighted by molar-refractivity contribution is 6.04. The molecule has 0 radical (unpaired) electrons. The van der Waals surface area contributed by atoms with E-state index < -0.39 is 5.97 Å². The number of carboxylic acid groups (broad SMARTS) is 1. The summed E-state index contributed by atoms with van der Waals surface area (Å²) in [6.45, 7) is 4.71. The van der Waals surface area contributed by atoms with Crippen LogP contribution in [0.3, 0.4) is 0 Å². The quantitative estimate of drug-likeness (QED) is 0.866. The number of aromatic carboxylic acids is 1. The molecular weight excluding hydrogens is 232 g/mol. The SMILES string of the molecule is CCC(C)CN(C)C(=O)c1ccncc1C(=O)O. The van der Waals surface area contributed by atoms with Crippen LogP contribution in [0.4, 0.5) is 0 Å². The highest BCUT2D eigenvalue weighted by Gasteiger charge is 2.20. The fraction of sp³-hybridized carbons (Fsp3) is 0.462. The number of nitrogens with zero attached hydrogens (tertiary/aromatic N) is 2. The first-order valence-corrected chi connectivity index (χ1v) is 5.90. The molecule has 1 amide bonds. The Kier molecular flexibility index (Phi) is 4.83. The Morgan fingerprint density at radius 2 is 2.11 bits per heavy atom. The summed E-state index contributed by atoms with van der Waals surface area (Å²) in [5, 5.41) is 9.01. The van der Waals surface area contributed by atoms with E-state index in [9.17, 15) is 9.59 Å². The first kappa shape index (κ1) is 14.2. The van der Waals surface area contributed by atoms with E-state index in [2.05, 4.69) is 18.8 Å². The first-order chi connectivity index (χ1) is 8.47. The van der Waals surface area contributed by atoms with Gasteiger partial charge in [-0.1, -0.05) is 20.3 Å². The minimum atomic E-state index is -1.14. The van der Waals surface area contributed by atoms with Gasteiger partial charge >= 0.3 is 5.97 Å². The molecule has 1 heterocycles. The molecule has 18 heavy (non-hydrogen) atoms. The second-order valence-corrected chi connectivity index (χ2v) is 4.43. The summed E-state index contributed by atoms with van der Waals surface area (Å²) in [4.78, 5) is 28.5. The van der Waals surface area contributed by atoms with Crippen molar-refractivity contribution in [3.05, 3.63) is 29.6 Å². The van der Waals surface area contributed by atoms with Gasteiger partial charge in [-0.3, -0.25) is 9.78 Å². The fourth-order valence-corrected chi connectivity index (χ4v) is 1.64. The Labute approximate surface area is 106 Å². The maximum absolute atomic E-state index is 12.2. The minimum absolute atomic E-state index is 0.0569. The largest absolute Gasteiger partial charge is 0.478 e. The van der Waals surface area contributed by atoms with Gasteiger partial charge in [0.1, 0.15) is 0 Å². The molecule has 5 nitrogen and oxygen atoms in total. The second kappa shape index (κ2) is 6.14. The molecule has 0 aromatic carbocycles. The lowest BCUT2D eigenvalue weighted by atomic mass is 10.1. The third kappa shape index (κ3) is 3.29. The fourth-order valence-electron chi connectivity index (χ4n) is 1.64. The third-order valence-corrected chi connectivity index (χ3v) is 2.91. The standard InChI is InChI=1S/C13H18N2O3/c1-4-9(2)8-15(3)12(16)10-5-6-14-7-11(10)13(17)18/h5-7,9H,4,8H2,1-3H3,(H,17,18).